The van der Waals surface area contributed by atoms with Crippen LogP contribution in [0.1, 0.15) is 31.2 Å². The Balaban J connectivity index is 1.61. The molecule has 156 valence electrons. The topological polar surface area (TPSA) is 84.5 Å². The first-order valence-corrected chi connectivity index (χ1v) is 11.1. The van der Waals surface area contributed by atoms with E-state index in [-0.39, 0.29) is 28.3 Å². The summed E-state index contributed by atoms with van der Waals surface area (Å²) in [4.78, 5) is 12.1. The average molecular weight is 441 g/mol. The normalized spacial score (nSPS) is 14.7. The molecule has 0 radical (unpaired) electrons. The summed E-state index contributed by atoms with van der Waals surface area (Å²) in [5, 5.41) is 2.64. The standard InChI is InChI=1S/C20H22ClFN2O4S/c1-13-6-7-14(22)10-18(13)23-20(25)12-28-19-9-8-16(11-17(19)21)29(26,27)24-15-4-2-3-5-15/h6-11,15,24H,2-5,12H2,1H3,(H,23,25). The molecule has 6 nitrogen and oxygen atoms in total. The number of aryl methyl sites for hydroxylation is 1. The fraction of sp³-hybridized carbons (Fsp3) is 0.350. The molecule has 1 fully saturated rings. The second-order valence-electron chi connectivity index (χ2n) is 6.99. The number of carbonyl (C=O) groups is 1. The van der Waals surface area contributed by atoms with Crippen LogP contribution < -0.4 is 14.8 Å². The maximum absolute atomic E-state index is 13.3. The van der Waals surface area contributed by atoms with Crippen LogP contribution in [0.4, 0.5) is 10.1 Å². The molecule has 1 saturated carbocycles. The van der Waals surface area contributed by atoms with Crippen molar-refractivity contribution >= 4 is 33.2 Å². The number of ether oxygens (including phenoxy) is 1. The number of sulfonamides is 1. The fourth-order valence-corrected chi connectivity index (χ4v) is 4.79. The largest absolute Gasteiger partial charge is 0.482 e. The van der Waals surface area contributed by atoms with Crippen molar-refractivity contribution < 1.29 is 22.3 Å². The Hall–Kier alpha value is -2.16. The van der Waals surface area contributed by atoms with Gasteiger partial charge in [-0.3, -0.25) is 4.79 Å². The lowest BCUT2D eigenvalue weighted by atomic mass is 10.2. The molecule has 1 amide bonds. The molecule has 0 saturated heterocycles. The van der Waals surface area contributed by atoms with Crippen molar-refractivity contribution in [3.63, 3.8) is 0 Å². The third-order valence-electron chi connectivity index (χ3n) is 4.72. The lowest BCUT2D eigenvalue weighted by Gasteiger charge is -2.14. The Bertz CT molecular complexity index is 1010. The Morgan fingerprint density at radius 1 is 1.21 bits per heavy atom. The quantitative estimate of drug-likeness (QED) is 0.680. The summed E-state index contributed by atoms with van der Waals surface area (Å²) in [6.45, 7) is 1.38. The molecule has 0 heterocycles. The van der Waals surface area contributed by atoms with Crippen LogP contribution >= 0.6 is 11.6 Å². The van der Waals surface area contributed by atoms with Crippen LogP contribution in [0.5, 0.6) is 5.75 Å². The van der Waals surface area contributed by atoms with Crippen molar-refractivity contribution in [1.82, 2.24) is 4.72 Å². The first-order chi connectivity index (χ1) is 13.7. The van der Waals surface area contributed by atoms with Gasteiger partial charge >= 0.3 is 0 Å². The first-order valence-electron chi connectivity index (χ1n) is 9.25. The van der Waals surface area contributed by atoms with E-state index < -0.39 is 21.7 Å². The lowest BCUT2D eigenvalue weighted by Crippen LogP contribution is -2.32. The van der Waals surface area contributed by atoms with Gasteiger partial charge in [0.15, 0.2) is 6.61 Å². The average Bonchev–Trinajstić information content (AvgIpc) is 3.16. The van der Waals surface area contributed by atoms with Gasteiger partial charge < -0.3 is 10.1 Å². The van der Waals surface area contributed by atoms with E-state index in [9.17, 15) is 17.6 Å². The molecular weight excluding hydrogens is 419 g/mol. The van der Waals surface area contributed by atoms with Crippen LogP contribution in [0, 0.1) is 12.7 Å². The van der Waals surface area contributed by atoms with Gasteiger partial charge in [-0.05, 0) is 55.7 Å². The molecule has 2 N–H and O–H groups in total. The van der Waals surface area contributed by atoms with Crippen molar-refractivity contribution in [2.24, 2.45) is 0 Å². The third kappa shape index (κ3) is 5.68. The molecule has 1 aliphatic carbocycles. The summed E-state index contributed by atoms with van der Waals surface area (Å²) < 4.78 is 46.3. The van der Waals surface area contributed by atoms with Gasteiger partial charge in [-0.15, -0.1) is 0 Å². The van der Waals surface area contributed by atoms with E-state index in [0.29, 0.717) is 11.3 Å². The molecule has 0 unspecified atom stereocenters. The smallest absolute Gasteiger partial charge is 0.262 e. The highest BCUT2D eigenvalue weighted by Crippen LogP contribution is 2.28. The van der Waals surface area contributed by atoms with E-state index in [1.807, 2.05) is 0 Å². The highest BCUT2D eigenvalue weighted by atomic mass is 35.5. The highest BCUT2D eigenvalue weighted by molar-refractivity contribution is 7.89. The number of carbonyl (C=O) groups excluding carboxylic acids is 1. The zero-order chi connectivity index (χ0) is 21.0. The number of amides is 1. The van der Waals surface area contributed by atoms with E-state index in [1.54, 1.807) is 13.0 Å². The predicted octanol–water partition coefficient (Wildman–Crippen LogP) is 4.03. The van der Waals surface area contributed by atoms with Crippen LogP contribution in [0.25, 0.3) is 0 Å². The van der Waals surface area contributed by atoms with E-state index in [0.717, 1.165) is 25.7 Å². The second-order valence-corrected chi connectivity index (χ2v) is 9.11. The van der Waals surface area contributed by atoms with Crippen LogP contribution in [0.2, 0.25) is 5.02 Å². The van der Waals surface area contributed by atoms with Crippen LogP contribution in [-0.2, 0) is 14.8 Å². The minimum atomic E-state index is -3.67. The number of hydrogen-bond donors (Lipinski definition) is 2. The van der Waals surface area contributed by atoms with Crippen molar-refractivity contribution in [1.29, 1.82) is 0 Å². The van der Waals surface area contributed by atoms with Gasteiger partial charge in [0.1, 0.15) is 11.6 Å². The molecule has 0 atom stereocenters. The molecule has 9 heteroatoms. The van der Waals surface area contributed by atoms with Crippen molar-refractivity contribution in [2.45, 2.75) is 43.5 Å². The maximum atomic E-state index is 13.3. The molecule has 1 aliphatic rings. The van der Waals surface area contributed by atoms with Crippen molar-refractivity contribution in [3.05, 3.63) is 52.8 Å². The van der Waals surface area contributed by atoms with Gasteiger partial charge in [-0.25, -0.2) is 17.5 Å². The van der Waals surface area contributed by atoms with Crippen LogP contribution in [0.15, 0.2) is 41.3 Å². The van der Waals surface area contributed by atoms with E-state index in [2.05, 4.69) is 10.0 Å². The summed E-state index contributed by atoms with van der Waals surface area (Å²) in [7, 11) is -3.67. The predicted molar refractivity (Wildman–Crippen MR) is 109 cm³/mol. The van der Waals surface area contributed by atoms with Gasteiger partial charge in [0, 0.05) is 11.7 Å². The van der Waals surface area contributed by atoms with Crippen LogP contribution in [-0.4, -0.2) is 27.0 Å². The zero-order valence-corrected chi connectivity index (χ0v) is 17.4. The van der Waals surface area contributed by atoms with E-state index >= 15 is 0 Å². The van der Waals surface area contributed by atoms with Gasteiger partial charge in [-0.1, -0.05) is 30.5 Å². The van der Waals surface area contributed by atoms with Gasteiger partial charge in [-0.2, -0.15) is 0 Å². The number of nitrogens with one attached hydrogen (secondary N) is 2. The number of anilines is 1. The Morgan fingerprint density at radius 2 is 1.93 bits per heavy atom. The van der Waals surface area contributed by atoms with Gasteiger partial charge in [0.05, 0.1) is 9.92 Å². The lowest BCUT2D eigenvalue weighted by molar-refractivity contribution is -0.118. The zero-order valence-electron chi connectivity index (χ0n) is 15.9. The summed E-state index contributed by atoms with van der Waals surface area (Å²) in [5.74, 6) is -0.773. The molecule has 0 aliphatic heterocycles. The third-order valence-corrected chi connectivity index (χ3v) is 6.54. The number of rotatable bonds is 7. The molecule has 0 bridgehead atoms. The van der Waals surface area contributed by atoms with E-state index in [4.69, 9.17) is 16.3 Å². The Labute approximate surface area is 174 Å². The Morgan fingerprint density at radius 3 is 2.62 bits per heavy atom. The van der Waals surface area contributed by atoms with Crippen LogP contribution in [0.3, 0.4) is 0 Å². The first kappa shape index (κ1) is 21.5. The molecule has 3 rings (SSSR count). The summed E-state index contributed by atoms with van der Waals surface area (Å²) in [6, 6.07) is 8.11. The summed E-state index contributed by atoms with van der Waals surface area (Å²) >= 11 is 6.14. The molecule has 0 spiro atoms. The molecular formula is C20H22ClFN2O4S. The van der Waals surface area contributed by atoms with Gasteiger partial charge in [0.25, 0.3) is 5.91 Å². The van der Waals surface area contributed by atoms with Crippen molar-refractivity contribution in [3.8, 4) is 5.75 Å². The minimum absolute atomic E-state index is 0.0431. The fourth-order valence-electron chi connectivity index (χ4n) is 3.16. The summed E-state index contributed by atoms with van der Waals surface area (Å²) in [6.07, 6.45) is 3.68. The van der Waals surface area contributed by atoms with Gasteiger partial charge in [0.2, 0.25) is 10.0 Å². The highest BCUT2D eigenvalue weighted by Gasteiger charge is 2.23. The molecule has 29 heavy (non-hydrogen) atoms. The minimum Gasteiger partial charge on any atom is -0.482 e. The molecule has 0 aromatic heterocycles. The second kappa shape index (κ2) is 9.11. The molecule has 2 aromatic carbocycles. The number of hydrogen-bond acceptors (Lipinski definition) is 4. The summed E-state index contributed by atoms with van der Waals surface area (Å²) in [5.41, 5.74) is 1.06. The number of benzene rings is 2. The monoisotopic (exact) mass is 440 g/mol. The van der Waals surface area contributed by atoms with Crippen molar-refractivity contribution in [2.75, 3.05) is 11.9 Å². The number of halogens is 2. The Kier molecular flexibility index (Phi) is 6.77. The maximum Gasteiger partial charge on any atom is 0.262 e. The SMILES string of the molecule is Cc1ccc(F)cc1NC(=O)COc1ccc(S(=O)(=O)NC2CCCC2)cc1Cl. The van der Waals surface area contributed by atoms with E-state index in [1.165, 1.54) is 30.3 Å². The molecule has 2 aromatic rings.